The molecule has 0 radical (unpaired) electrons. The molecule has 2 aromatic rings. The topological polar surface area (TPSA) is 82.4 Å². The molecule has 0 fully saturated rings. The number of carbonyl (C=O) groups is 1. The van der Waals surface area contributed by atoms with E-state index < -0.39 is 6.36 Å². The number of rotatable bonds is 8. The first-order valence-corrected chi connectivity index (χ1v) is 11.1. The average Bonchev–Trinajstić information content (AvgIpc) is 3.07. The molecule has 1 N–H and O–H groups in total. The Kier molecular flexibility index (Phi) is 7.55. The highest BCUT2D eigenvalue weighted by Gasteiger charge is 2.31. The zero-order chi connectivity index (χ0) is 22.6. The molecule has 0 spiro atoms. The maximum Gasteiger partial charge on any atom is 0.573 e. The van der Waals surface area contributed by atoms with Crippen LogP contribution in [0.3, 0.4) is 0 Å². The largest absolute Gasteiger partial charge is 0.573 e. The molecule has 168 valence electrons. The van der Waals surface area contributed by atoms with Crippen LogP contribution < -0.4 is 15.6 Å². The lowest BCUT2D eigenvalue weighted by Gasteiger charge is -2.13. The summed E-state index contributed by atoms with van der Waals surface area (Å²) in [6.07, 6.45) is -4.09. The smallest absolute Gasteiger partial charge is 0.406 e. The van der Waals surface area contributed by atoms with Crippen molar-refractivity contribution >= 4 is 35.1 Å². The molecule has 0 saturated carbocycles. The van der Waals surface area contributed by atoms with Crippen LogP contribution in [-0.4, -0.2) is 46.5 Å². The normalized spacial score (nSPS) is 15.6. The van der Waals surface area contributed by atoms with E-state index in [4.69, 9.17) is 4.74 Å². The third-order valence-corrected chi connectivity index (χ3v) is 6.38. The van der Waals surface area contributed by atoms with Gasteiger partial charge in [-0.3, -0.25) is 14.2 Å². The van der Waals surface area contributed by atoms with Gasteiger partial charge in [0.05, 0.1) is 29.5 Å². The Morgan fingerprint density at radius 1 is 1.35 bits per heavy atom. The summed E-state index contributed by atoms with van der Waals surface area (Å²) in [5.41, 5.74) is 0.919. The number of aromatic nitrogens is 2. The number of nitrogens with one attached hydrogen (secondary N) is 1. The number of halogens is 3. The number of fused-ring (bicyclic) bond motifs is 1. The minimum Gasteiger partial charge on any atom is -0.406 e. The van der Waals surface area contributed by atoms with Crippen LogP contribution in [0.1, 0.15) is 12.6 Å². The predicted octanol–water partition coefficient (Wildman–Crippen LogP) is 3.56. The quantitative estimate of drug-likeness (QED) is 0.462. The molecule has 0 aliphatic carbocycles. The zero-order valence-corrected chi connectivity index (χ0v) is 18.3. The van der Waals surface area contributed by atoms with Crippen molar-refractivity contribution in [3.63, 3.8) is 0 Å². The van der Waals surface area contributed by atoms with Crippen molar-refractivity contribution in [3.05, 3.63) is 40.3 Å². The molecule has 1 aliphatic heterocycles. The Hall–Kier alpha value is -2.18. The van der Waals surface area contributed by atoms with Crippen molar-refractivity contribution in [2.75, 3.05) is 24.8 Å². The zero-order valence-electron chi connectivity index (χ0n) is 16.7. The van der Waals surface area contributed by atoms with Gasteiger partial charge >= 0.3 is 6.36 Å². The lowest BCUT2D eigenvalue weighted by atomic mass is 10.2. The number of benzene rings is 1. The van der Waals surface area contributed by atoms with Gasteiger partial charge < -0.3 is 14.8 Å². The van der Waals surface area contributed by atoms with Crippen LogP contribution in [0.5, 0.6) is 5.75 Å². The van der Waals surface area contributed by atoms with E-state index in [2.05, 4.69) is 15.0 Å². The van der Waals surface area contributed by atoms with Gasteiger partial charge in [-0.2, -0.15) is 0 Å². The van der Waals surface area contributed by atoms with Crippen molar-refractivity contribution < 1.29 is 27.4 Å². The molecule has 1 aromatic carbocycles. The maximum atomic E-state index is 12.8. The van der Waals surface area contributed by atoms with Crippen LogP contribution in [0.2, 0.25) is 0 Å². The molecule has 1 atom stereocenters. The second-order valence-corrected chi connectivity index (χ2v) is 9.05. The van der Waals surface area contributed by atoms with Crippen molar-refractivity contribution in [2.45, 2.75) is 41.6 Å². The number of hydrogen-bond donors (Lipinski definition) is 1. The number of hydrogen-bond acceptors (Lipinski definition) is 7. The molecule has 2 heterocycles. The molecule has 0 saturated heterocycles. The standard InChI is InChI=1S/C19H20F3N3O4S2/c1-11-9-14-16(31-11)17(27)25(7-8-28-2)18(24-14)30-10-15(26)23-12-3-5-13(6-4-12)29-19(20,21)22/h3-6,11H,7-10H2,1-2H3,(H,23,26)/t11-/m1/s1. The van der Waals surface area contributed by atoms with Gasteiger partial charge in [-0.15, -0.1) is 24.9 Å². The van der Waals surface area contributed by atoms with Crippen molar-refractivity contribution in [2.24, 2.45) is 0 Å². The number of nitrogens with zero attached hydrogens (tertiary/aromatic N) is 2. The maximum absolute atomic E-state index is 12.8. The lowest BCUT2D eigenvalue weighted by molar-refractivity contribution is -0.274. The summed E-state index contributed by atoms with van der Waals surface area (Å²) in [5, 5.41) is 3.29. The van der Waals surface area contributed by atoms with E-state index in [9.17, 15) is 22.8 Å². The fraction of sp³-hybridized carbons (Fsp3) is 0.421. The lowest BCUT2D eigenvalue weighted by Crippen LogP contribution is -2.27. The first kappa shape index (κ1) is 23.5. The van der Waals surface area contributed by atoms with Gasteiger partial charge in [0.2, 0.25) is 5.91 Å². The van der Waals surface area contributed by atoms with E-state index in [-0.39, 0.29) is 28.2 Å². The van der Waals surface area contributed by atoms with Crippen LogP contribution in [0.4, 0.5) is 18.9 Å². The first-order chi connectivity index (χ1) is 14.7. The first-order valence-electron chi connectivity index (χ1n) is 9.24. The fourth-order valence-electron chi connectivity index (χ4n) is 2.89. The minimum atomic E-state index is -4.78. The molecular formula is C19H20F3N3O4S2. The summed E-state index contributed by atoms with van der Waals surface area (Å²) in [5.74, 6) is -0.788. The monoisotopic (exact) mass is 475 g/mol. The Morgan fingerprint density at radius 3 is 2.71 bits per heavy atom. The summed E-state index contributed by atoms with van der Waals surface area (Å²) in [4.78, 5) is 30.4. The van der Waals surface area contributed by atoms with Gasteiger partial charge in [0.1, 0.15) is 5.75 Å². The molecule has 0 unspecified atom stereocenters. The number of amides is 1. The third-order valence-electron chi connectivity index (χ3n) is 4.19. The molecule has 31 heavy (non-hydrogen) atoms. The second-order valence-electron chi connectivity index (χ2n) is 6.66. The summed E-state index contributed by atoms with van der Waals surface area (Å²) >= 11 is 2.62. The van der Waals surface area contributed by atoms with E-state index in [0.717, 1.165) is 29.6 Å². The SMILES string of the molecule is COCCn1c(SCC(=O)Nc2ccc(OC(F)(F)F)cc2)nc2c(c1=O)S[C@H](C)C2. The number of carbonyl (C=O) groups excluding carboxylic acids is 1. The third kappa shape index (κ3) is 6.40. The predicted molar refractivity (Wildman–Crippen MR) is 112 cm³/mol. The van der Waals surface area contributed by atoms with Crippen molar-refractivity contribution in [1.29, 1.82) is 0 Å². The summed E-state index contributed by atoms with van der Waals surface area (Å²) < 4.78 is 47.1. The van der Waals surface area contributed by atoms with Crippen molar-refractivity contribution in [3.8, 4) is 5.75 Å². The van der Waals surface area contributed by atoms with E-state index in [1.54, 1.807) is 0 Å². The van der Waals surface area contributed by atoms with Gasteiger partial charge in [-0.05, 0) is 24.3 Å². The average molecular weight is 476 g/mol. The van der Waals surface area contributed by atoms with Crippen LogP contribution in [0, 0.1) is 0 Å². The Morgan fingerprint density at radius 2 is 2.06 bits per heavy atom. The van der Waals surface area contributed by atoms with Gasteiger partial charge in [0.25, 0.3) is 5.56 Å². The van der Waals surface area contributed by atoms with Crippen LogP contribution in [0.25, 0.3) is 0 Å². The molecule has 0 bridgehead atoms. The highest BCUT2D eigenvalue weighted by atomic mass is 32.2. The number of ether oxygens (including phenoxy) is 2. The van der Waals surface area contributed by atoms with Gasteiger partial charge in [-0.25, -0.2) is 4.98 Å². The molecule has 12 heteroatoms. The second kappa shape index (κ2) is 9.96. The van der Waals surface area contributed by atoms with Crippen LogP contribution in [-0.2, 0) is 22.5 Å². The van der Waals surface area contributed by atoms with Crippen molar-refractivity contribution in [1.82, 2.24) is 9.55 Å². The highest BCUT2D eigenvalue weighted by Crippen LogP contribution is 2.34. The summed E-state index contributed by atoms with van der Waals surface area (Å²) in [6.45, 7) is 2.67. The number of thioether (sulfide) groups is 2. The number of anilines is 1. The van der Waals surface area contributed by atoms with Crippen LogP contribution in [0.15, 0.2) is 39.1 Å². The van der Waals surface area contributed by atoms with E-state index >= 15 is 0 Å². The van der Waals surface area contributed by atoms with E-state index in [1.165, 1.54) is 35.6 Å². The molecule has 1 aromatic heterocycles. The molecular weight excluding hydrogens is 455 g/mol. The Bertz CT molecular complexity index is 997. The molecule has 1 amide bonds. The molecule has 7 nitrogen and oxygen atoms in total. The molecule has 1 aliphatic rings. The Labute approximate surface area is 184 Å². The number of methoxy groups -OCH3 is 1. The van der Waals surface area contributed by atoms with Gasteiger partial charge in [0, 0.05) is 24.5 Å². The summed E-state index contributed by atoms with van der Waals surface area (Å²) in [7, 11) is 1.54. The fourth-order valence-corrected chi connectivity index (χ4v) is 4.85. The highest BCUT2D eigenvalue weighted by molar-refractivity contribution is 8.00. The number of alkyl halides is 3. The minimum absolute atomic E-state index is 0.0261. The van der Waals surface area contributed by atoms with Gasteiger partial charge in [0.15, 0.2) is 5.16 Å². The summed E-state index contributed by atoms with van der Waals surface area (Å²) in [6, 6.07) is 4.84. The van der Waals surface area contributed by atoms with E-state index in [0.29, 0.717) is 35.3 Å². The Balaban J connectivity index is 1.66. The van der Waals surface area contributed by atoms with Crippen LogP contribution >= 0.6 is 23.5 Å². The van der Waals surface area contributed by atoms with E-state index in [1.807, 2.05) is 6.92 Å². The van der Waals surface area contributed by atoms with Gasteiger partial charge in [-0.1, -0.05) is 18.7 Å². The molecule has 3 rings (SSSR count).